The van der Waals surface area contributed by atoms with Crippen molar-refractivity contribution in [2.45, 2.75) is 21.6 Å². The summed E-state index contributed by atoms with van der Waals surface area (Å²) >= 11 is 1.48. The van der Waals surface area contributed by atoms with Gasteiger partial charge in [-0.05, 0) is 49.4 Å². The van der Waals surface area contributed by atoms with Gasteiger partial charge in [0.25, 0.3) is 10.0 Å². The minimum atomic E-state index is -3.69. The van der Waals surface area contributed by atoms with Gasteiger partial charge < -0.3 is 10.4 Å². The van der Waals surface area contributed by atoms with Crippen LogP contribution in [0.4, 0.5) is 17.1 Å². The maximum Gasteiger partial charge on any atom is 0.261 e. The van der Waals surface area contributed by atoms with Crippen LogP contribution in [-0.4, -0.2) is 13.5 Å². The van der Waals surface area contributed by atoms with E-state index in [0.29, 0.717) is 11.4 Å². The molecular weight excluding hydrogens is 368 g/mol. The molecule has 3 aromatic carbocycles. The molecule has 0 amide bonds. The van der Waals surface area contributed by atoms with Gasteiger partial charge in [0.1, 0.15) is 5.75 Å². The van der Waals surface area contributed by atoms with Crippen molar-refractivity contribution in [3.05, 3.63) is 66.2 Å². The first kappa shape index (κ1) is 16.8. The van der Waals surface area contributed by atoms with Crippen molar-refractivity contribution in [1.82, 2.24) is 0 Å². The molecule has 1 aliphatic rings. The molecule has 132 valence electrons. The summed E-state index contributed by atoms with van der Waals surface area (Å²) in [5, 5.41) is 12.9. The Bertz CT molecular complexity index is 1090. The molecule has 1 heterocycles. The summed E-state index contributed by atoms with van der Waals surface area (Å²) in [6, 6.07) is 17.2. The van der Waals surface area contributed by atoms with Crippen LogP contribution in [0.2, 0.25) is 0 Å². The third-order valence-electron chi connectivity index (χ3n) is 4.05. The average Bonchev–Trinajstić information content (AvgIpc) is 2.60. The summed E-state index contributed by atoms with van der Waals surface area (Å²) < 4.78 is 28.1. The number of aryl methyl sites for hydroxylation is 1. The van der Waals surface area contributed by atoms with Crippen LogP contribution in [0.25, 0.3) is 0 Å². The highest BCUT2D eigenvalue weighted by Crippen LogP contribution is 2.48. The topological polar surface area (TPSA) is 78.4 Å². The minimum absolute atomic E-state index is 0.192. The Balaban J connectivity index is 1.70. The fourth-order valence-electron chi connectivity index (χ4n) is 2.70. The van der Waals surface area contributed by atoms with Crippen molar-refractivity contribution in [3.63, 3.8) is 0 Å². The van der Waals surface area contributed by atoms with Crippen molar-refractivity contribution in [1.29, 1.82) is 0 Å². The first-order valence-corrected chi connectivity index (χ1v) is 10.2. The number of phenols is 1. The second kappa shape index (κ2) is 6.26. The van der Waals surface area contributed by atoms with E-state index >= 15 is 0 Å². The first-order chi connectivity index (χ1) is 12.4. The molecule has 3 N–H and O–H groups in total. The molecule has 0 atom stereocenters. The van der Waals surface area contributed by atoms with E-state index in [4.69, 9.17) is 0 Å². The molecule has 0 bridgehead atoms. The number of para-hydroxylation sites is 1. The molecule has 0 radical (unpaired) electrons. The normalized spacial score (nSPS) is 12.7. The van der Waals surface area contributed by atoms with Gasteiger partial charge in [-0.1, -0.05) is 35.5 Å². The monoisotopic (exact) mass is 384 g/mol. The molecule has 0 saturated heterocycles. The Labute approximate surface area is 156 Å². The zero-order valence-corrected chi connectivity index (χ0v) is 15.5. The molecule has 7 heteroatoms. The quantitative estimate of drug-likeness (QED) is 0.446. The van der Waals surface area contributed by atoms with E-state index in [1.165, 1.54) is 11.8 Å². The first-order valence-electron chi connectivity index (χ1n) is 7.93. The van der Waals surface area contributed by atoms with E-state index in [0.717, 1.165) is 21.0 Å². The summed E-state index contributed by atoms with van der Waals surface area (Å²) in [6.07, 6.45) is 0. The number of hydrogen-bond acceptors (Lipinski definition) is 5. The van der Waals surface area contributed by atoms with Gasteiger partial charge in [-0.3, -0.25) is 4.72 Å². The maximum absolute atomic E-state index is 12.7. The zero-order chi connectivity index (χ0) is 18.3. The number of sulfonamides is 1. The second-order valence-corrected chi connectivity index (χ2v) is 8.77. The van der Waals surface area contributed by atoms with Gasteiger partial charge >= 0.3 is 0 Å². The van der Waals surface area contributed by atoms with Crippen LogP contribution in [0.5, 0.6) is 5.75 Å². The average molecular weight is 384 g/mol. The van der Waals surface area contributed by atoms with Crippen LogP contribution in [-0.2, 0) is 10.0 Å². The van der Waals surface area contributed by atoms with Crippen molar-refractivity contribution in [3.8, 4) is 5.75 Å². The summed E-state index contributed by atoms with van der Waals surface area (Å²) in [7, 11) is -3.69. The van der Waals surface area contributed by atoms with E-state index in [9.17, 15) is 13.5 Å². The highest BCUT2D eigenvalue weighted by atomic mass is 32.2. The number of nitrogens with one attached hydrogen (secondary N) is 2. The Hall–Kier alpha value is -2.64. The largest absolute Gasteiger partial charge is 0.508 e. The van der Waals surface area contributed by atoms with Gasteiger partial charge in [0, 0.05) is 9.79 Å². The highest BCUT2D eigenvalue weighted by molar-refractivity contribution is 7.99. The lowest BCUT2D eigenvalue weighted by Gasteiger charge is -2.23. The minimum Gasteiger partial charge on any atom is -0.508 e. The second-order valence-electron chi connectivity index (χ2n) is 6.00. The number of aromatic hydroxyl groups is 1. The number of hydrogen-bond donors (Lipinski definition) is 3. The van der Waals surface area contributed by atoms with Crippen molar-refractivity contribution >= 4 is 38.8 Å². The van der Waals surface area contributed by atoms with Crippen LogP contribution >= 0.6 is 11.8 Å². The number of anilines is 3. The number of fused-ring (bicyclic) bond motifs is 2. The maximum atomic E-state index is 12.7. The predicted molar refractivity (Wildman–Crippen MR) is 104 cm³/mol. The fraction of sp³-hybridized carbons (Fsp3) is 0.0526. The lowest BCUT2D eigenvalue weighted by Crippen LogP contribution is -2.15. The van der Waals surface area contributed by atoms with Gasteiger partial charge in [-0.15, -0.1) is 0 Å². The lowest BCUT2D eigenvalue weighted by molar-refractivity contribution is 0.474. The molecule has 0 saturated carbocycles. The standard InChI is InChI=1S/C19H16N2O3S2/c1-12-5-8-14(9-6-12)26(23,24)21-16-3-2-4-17-19(16)20-15-10-7-13(22)11-18(15)25-17/h2-11,20-22H,1H3. The van der Waals surface area contributed by atoms with Gasteiger partial charge in [-0.2, -0.15) is 0 Å². The summed E-state index contributed by atoms with van der Waals surface area (Å²) in [5.74, 6) is 0.192. The van der Waals surface area contributed by atoms with Crippen LogP contribution in [0.15, 0.2) is 75.4 Å². The molecule has 3 aromatic rings. The Morgan fingerprint density at radius 2 is 1.77 bits per heavy atom. The Kier molecular flexibility index (Phi) is 4.05. The molecule has 0 unspecified atom stereocenters. The number of rotatable bonds is 3. The van der Waals surface area contributed by atoms with Gasteiger partial charge in [0.15, 0.2) is 0 Å². The van der Waals surface area contributed by atoms with E-state index in [2.05, 4.69) is 10.0 Å². The summed E-state index contributed by atoms with van der Waals surface area (Å²) in [6.45, 7) is 1.91. The molecule has 0 spiro atoms. The number of phenolic OH excluding ortho intramolecular Hbond substituents is 1. The molecule has 5 nitrogen and oxygen atoms in total. The fourth-order valence-corrected chi connectivity index (χ4v) is 4.83. The van der Waals surface area contributed by atoms with Gasteiger partial charge in [0.05, 0.1) is 22.0 Å². The Morgan fingerprint density at radius 1 is 1.00 bits per heavy atom. The molecule has 26 heavy (non-hydrogen) atoms. The Morgan fingerprint density at radius 3 is 2.54 bits per heavy atom. The highest BCUT2D eigenvalue weighted by Gasteiger charge is 2.22. The van der Waals surface area contributed by atoms with Gasteiger partial charge in [-0.25, -0.2) is 8.42 Å². The molecule has 4 rings (SSSR count). The molecule has 0 aliphatic carbocycles. The molecule has 0 aromatic heterocycles. The molecule has 0 fully saturated rings. The van der Waals surface area contributed by atoms with Crippen LogP contribution in [0.1, 0.15) is 5.56 Å². The third-order valence-corrected chi connectivity index (χ3v) is 6.55. The van der Waals surface area contributed by atoms with Crippen molar-refractivity contribution < 1.29 is 13.5 Å². The molecule has 1 aliphatic heterocycles. The van der Waals surface area contributed by atoms with E-state index < -0.39 is 10.0 Å². The van der Waals surface area contributed by atoms with Crippen LogP contribution in [0, 0.1) is 6.92 Å². The lowest BCUT2D eigenvalue weighted by atomic mass is 10.2. The van der Waals surface area contributed by atoms with Crippen LogP contribution in [0.3, 0.4) is 0 Å². The summed E-state index contributed by atoms with van der Waals surface area (Å²) in [5.41, 5.74) is 3.00. The van der Waals surface area contributed by atoms with Crippen LogP contribution < -0.4 is 10.0 Å². The van der Waals surface area contributed by atoms with Gasteiger partial charge in [0.2, 0.25) is 0 Å². The predicted octanol–water partition coefficient (Wildman–Crippen LogP) is 4.71. The zero-order valence-electron chi connectivity index (χ0n) is 13.9. The van der Waals surface area contributed by atoms with E-state index in [1.54, 1.807) is 54.6 Å². The molecular formula is C19H16N2O3S2. The third kappa shape index (κ3) is 3.11. The van der Waals surface area contributed by atoms with E-state index in [-0.39, 0.29) is 10.6 Å². The SMILES string of the molecule is Cc1ccc(S(=O)(=O)Nc2cccc3c2Nc2ccc(O)cc2S3)cc1. The van der Waals surface area contributed by atoms with Crippen molar-refractivity contribution in [2.24, 2.45) is 0 Å². The summed E-state index contributed by atoms with van der Waals surface area (Å²) in [4.78, 5) is 1.98. The smallest absolute Gasteiger partial charge is 0.261 e. The van der Waals surface area contributed by atoms with Crippen molar-refractivity contribution in [2.75, 3.05) is 10.0 Å². The van der Waals surface area contributed by atoms with E-state index in [1.807, 2.05) is 13.0 Å². The number of benzene rings is 3.